The van der Waals surface area contributed by atoms with Gasteiger partial charge in [0.25, 0.3) is 0 Å². The molecular weight excluding hydrogens is 388 g/mol. The Morgan fingerprint density at radius 2 is 2.06 bits per heavy atom. The minimum absolute atomic E-state index is 0.349. The maximum atomic E-state index is 14.0. The summed E-state index contributed by atoms with van der Waals surface area (Å²) >= 11 is 12.4. The first-order chi connectivity index (χ1) is 8.52. The maximum Gasteiger partial charge on any atom is 0.169 e. The van der Waals surface area contributed by atoms with Crippen LogP contribution >= 0.6 is 43.5 Å². The molecule has 0 amide bonds. The van der Waals surface area contributed by atoms with Crippen LogP contribution in [0.5, 0.6) is 0 Å². The van der Waals surface area contributed by atoms with E-state index < -0.39 is 0 Å². The molecule has 96 valence electrons. The second-order valence-corrected chi connectivity index (χ2v) is 5.69. The van der Waals surface area contributed by atoms with Crippen LogP contribution in [0.3, 0.4) is 0 Å². The average Bonchev–Trinajstić information content (AvgIpc) is 2.73. The van der Waals surface area contributed by atoms with Crippen LogP contribution in [0.4, 0.5) is 4.39 Å². The minimum Gasteiger partial charge on any atom is -0.452 e. The molecule has 1 aromatic heterocycles. The van der Waals surface area contributed by atoms with Crippen LogP contribution in [-0.4, -0.2) is 7.05 Å². The highest BCUT2D eigenvalue weighted by atomic mass is 79.9. The predicted octanol–water partition coefficient (Wildman–Crippen LogP) is 4.91. The van der Waals surface area contributed by atoms with Crippen LogP contribution in [0.1, 0.15) is 17.4 Å². The molecule has 0 saturated heterocycles. The first-order valence-electron chi connectivity index (χ1n) is 5.10. The Hall–Kier alpha value is -0.360. The standard InChI is InChI=1S/C12H9Br2ClFNO/c1-17-12(10-2-3-11(14)18-10)6-4-8(15)7(13)5-9(6)16/h2-5,12,17H,1H3. The van der Waals surface area contributed by atoms with Gasteiger partial charge < -0.3 is 9.73 Å². The molecule has 0 aliphatic heterocycles. The number of rotatable bonds is 3. The summed E-state index contributed by atoms with van der Waals surface area (Å²) in [5.41, 5.74) is 0.438. The van der Waals surface area contributed by atoms with E-state index in [-0.39, 0.29) is 11.9 Å². The van der Waals surface area contributed by atoms with Gasteiger partial charge in [-0.1, -0.05) is 11.6 Å². The van der Waals surface area contributed by atoms with Gasteiger partial charge in [0.05, 0.1) is 11.1 Å². The highest BCUT2D eigenvalue weighted by molar-refractivity contribution is 9.10. The van der Waals surface area contributed by atoms with Crippen molar-refractivity contribution < 1.29 is 8.81 Å². The molecule has 1 atom stereocenters. The van der Waals surface area contributed by atoms with Crippen LogP contribution in [0.2, 0.25) is 5.02 Å². The van der Waals surface area contributed by atoms with Crippen LogP contribution in [0.15, 0.2) is 37.8 Å². The zero-order valence-electron chi connectivity index (χ0n) is 9.31. The lowest BCUT2D eigenvalue weighted by Crippen LogP contribution is -2.18. The lowest BCUT2D eigenvalue weighted by molar-refractivity contribution is 0.438. The van der Waals surface area contributed by atoms with Crippen molar-refractivity contribution in [2.24, 2.45) is 0 Å². The van der Waals surface area contributed by atoms with E-state index >= 15 is 0 Å². The van der Waals surface area contributed by atoms with Gasteiger partial charge in [0.15, 0.2) is 4.67 Å². The topological polar surface area (TPSA) is 25.2 Å². The van der Waals surface area contributed by atoms with E-state index in [0.29, 0.717) is 25.5 Å². The molecule has 0 spiro atoms. The number of halogens is 4. The molecule has 0 saturated carbocycles. The van der Waals surface area contributed by atoms with Crippen molar-refractivity contribution in [3.05, 3.63) is 55.6 Å². The maximum absolute atomic E-state index is 14.0. The molecule has 2 nitrogen and oxygen atoms in total. The molecule has 6 heteroatoms. The highest BCUT2D eigenvalue weighted by Crippen LogP contribution is 2.32. The van der Waals surface area contributed by atoms with E-state index in [1.165, 1.54) is 6.07 Å². The summed E-state index contributed by atoms with van der Waals surface area (Å²) in [4.78, 5) is 0. The van der Waals surface area contributed by atoms with Crippen molar-refractivity contribution in [3.8, 4) is 0 Å². The molecule has 1 N–H and O–H groups in total. The Morgan fingerprint density at radius 3 is 2.61 bits per heavy atom. The Bertz CT molecular complexity index is 573. The first-order valence-corrected chi connectivity index (χ1v) is 7.06. The fourth-order valence-electron chi connectivity index (χ4n) is 1.69. The third kappa shape index (κ3) is 2.79. The fraction of sp³-hybridized carbons (Fsp3) is 0.167. The monoisotopic (exact) mass is 395 g/mol. The van der Waals surface area contributed by atoms with Crippen molar-refractivity contribution in [3.63, 3.8) is 0 Å². The summed E-state index contributed by atoms with van der Waals surface area (Å²) in [5, 5.41) is 3.46. The molecule has 1 unspecified atom stereocenters. The molecule has 0 bridgehead atoms. The Kier molecular flexibility index (Phi) is 4.48. The number of hydrogen-bond donors (Lipinski definition) is 1. The molecule has 18 heavy (non-hydrogen) atoms. The highest BCUT2D eigenvalue weighted by Gasteiger charge is 2.20. The van der Waals surface area contributed by atoms with E-state index in [2.05, 4.69) is 37.2 Å². The average molecular weight is 397 g/mol. The van der Waals surface area contributed by atoms with Gasteiger partial charge >= 0.3 is 0 Å². The molecule has 0 fully saturated rings. The predicted molar refractivity (Wildman–Crippen MR) is 76.4 cm³/mol. The molecular formula is C12H9Br2ClFNO. The van der Waals surface area contributed by atoms with Gasteiger partial charge in [-0.2, -0.15) is 0 Å². The zero-order valence-corrected chi connectivity index (χ0v) is 13.2. The molecule has 1 heterocycles. The zero-order chi connectivity index (χ0) is 13.3. The van der Waals surface area contributed by atoms with Gasteiger partial charge in [0.2, 0.25) is 0 Å². The number of furan rings is 1. The van der Waals surface area contributed by atoms with Crippen molar-refractivity contribution in [2.75, 3.05) is 7.05 Å². The van der Waals surface area contributed by atoms with Gasteiger partial charge in [-0.25, -0.2) is 4.39 Å². The third-order valence-electron chi connectivity index (χ3n) is 2.52. The summed E-state index contributed by atoms with van der Waals surface area (Å²) < 4.78 is 20.6. The van der Waals surface area contributed by atoms with Crippen molar-refractivity contribution in [1.29, 1.82) is 0 Å². The largest absolute Gasteiger partial charge is 0.452 e. The van der Waals surface area contributed by atoms with Crippen LogP contribution in [0, 0.1) is 5.82 Å². The minimum atomic E-state index is -0.387. The Balaban J connectivity index is 2.48. The quantitative estimate of drug-likeness (QED) is 0.745. The lowest BCUT2D eigenvalue weighted by Gasteiger charge is -2.15. The summed E-state index contributed by atoms with van der Waals surface area (Å²) in [7, 11) is 1.73. The van der Waals surface area contributed by atoms with Gasteiger partial charge in [-0.05, 0) is 63.2 Å². The molecule has 1 aromatic carbocycles. The first kappa shape index (κ1) is 14.1. The van der Waals surface area contributed by atoms with Crippen LogP contribution < -0.4 is 5.32 Å². The van der Waals surface area contributed by atoms with Gasteiger partial charge in [0, 0.05) is 10.0 Å². The summed E-state index contributed by atoms with van der Waals surface area (Å²) in [6, 6.07) is 6.08. The lowest BCUT2D eigenvalue weighted by atomic mass is 10.0. The van der Waals surface area contributed by atoms with Gasteiger partial charge in [0.1, 0.15) is 11.6 Å². The van der Waals surface area contributed by atoms with E-state index in [4.69, 9.17) is 16.0 Å². The van der Waals surface area contributed by atoms with Gasteiger partial charge in [-0.3, -0.25) is 0 Å². The van der Waals surface area contributed by atoms with E-state index in [9.17, 15) is 4.39 Å². The van der Waals surface area contributed by atoms with Crippen molar-refractivity contribution in [2.45, 2.75) is 6.04 Å². The molecule has 0 radical (unpaired) electrons. The molecule has 0 aliphatic carbocycles. The summed E-state index contributed by atoms with van der Waals surface area (Å²) in [6.07, 6.45) is 0. The van der Waals surface area contributed by atoms with Crippen molar-refractivity contribution in [1.82, 2.24) is 5.32 Å². The van der Waals surface area contributed by atoms with E-state index in [0.717, 1.165) is 0 Å². The Labute approximate surface area is 126 Å². The molecule has 0 aliphatic rings. The molecule has 2 rings (SSSR count). The fourth-order valence-corrected chi connectivity index (χ4v) is 2.50. The van der Waals surface area contributed by atoms with Crippen LogP contribution in [-0.2, 0) is 0 Å². The smallest absolute Gasteiger partial charge is 0.169 e. The summed E-state index contributed by atoms with van der Waals surface area (Å²) in [6.45, 7) is 0. The van der Waals surface area contributed by atoms with E-state index in [1.54, 1.807) is 25.2 Å². The van der Waals surface area contributed by atoms with E-state index in [1.807, 2.05) is 0 Å². The second kappa shape index (κ2) is 5.74. The number of hydrogen-bond acceptors (Lipinski definition) is 2. The summed E-state index contributed by atoms with van der Waals surface area (Å²) in [5.74, 6) is 0.264. The third-order valence-corrected chi connectivity index (χ3v) is 4.14. The number of nitrogens with one attached hydrogen (secondary N) is 1. The second-order valence-electron chi connectivity index (χ2n) is 3.65. The number of benzene rings is 1. The normalized spacial score (nSPS) is 12.7. The molecule has 2 aromatic rings. The van der Waals surface area contributed by atoms with Crippen LogP contribution in [0.25, 0.3) is 0 Å². The Morgan fingerprint density at radius 1 is 1.33 bits per heavy atom. The SMILES string of the molecule is CNC(c1ccc(Br)o1)c1cc(Cl)c(Br)cc1F. The van der Waals surface area contributed by atoms with Crippen molar-refractivity contribution >= 4 is 43.5 Å². The van der Waals surface area contributed by atoms with Gasteiger partial charge in [-0.15, -0.1) is 0 Å².